The average molecular weight is 320 g/mol. The molecule has 1 aromatic carbocycles. The highest BCUT2D eigenvalue weighted by molar-refractivity contribution is 8.13. The van der Waals surface area contributed by atoms with Gasteiger partial charge in [0.15, 0.2) is 0 Å². The van der Waals surface area contributed by atoms with E-state index in [0.717, 1.165) is 31.4 Å². The van der Waals surface area contributed by atoms with Gasteiger partial charge in [-0.1, -0.05) is 0 Å². The topological polar surface area (TPSA) is 63.2 Å². The van der Waals surface area contributed by atoms with Gasteiger partial charge in [-0.05, 0) is 50.8 Å². The first-order chi connectivity index (χ1) is 9.12. The van der Waals surface area contributed by atoms with Crippen LogP contribution in [0.3, 0.4) is 0 Å². The molecule has 0 heterocycles. The lowest BCUT2D eigenvalue weighted by Gasteiger charge is -2.39. The average Bonchev–Trinajstić information content (AvgIpc) is 2.24. The lowest BCUT2D eigenvalue weighted by atomic mass is 9.78. The fraction of sp³-hybridized carbons (Fsp3) is 0.462. The third-order valence-electron chi connectivity index (χ3n) is 3.64. The second-order valence-corrected chi connectivity index (χ2v) is 7.94. The molecule has 1 aliphatic carbocycles. The van der Waals surface area contributed by atoms with Crippen molar-refractivity contribution in [2.24, 2.45) is 0 Å². The first-order valence-electron chi connectivity index (χ1n) is 6.20. The summed E-state index contributed by atoms with van der Waals surface area (Å²) in [5.74, 6) is -1.38. The molecule has 1 saturated carbocycles. The zero-order chi connectivity index (χ0) is 15.1. The lowest BCUT2D eigenvalue weighted by Crippen LogP contribution is -2.51. The third-order valence-corrected chi connectivity index (χ3v) is 5.11. The van der Waals surface area contributed by atoms with E-state index in [1.165, 1.54) is 6.92 Å². The summed E-state index contributed by atoms with van der Waals surface area (Å²) >= 11 is 0. The third kappa shape index (κ3) is 2.96. The van der Waals surface area contributed by atoms with Crippen molar-refractivity contribution in [3.05, 3.63) is 29.1 Å². The van der Waals surface area contributed by atoms with Gasteiger partial charge in [-0.2, -0.15) is 0 Å². The van der Waals surface area contributed by atoms with E-state index >= 15 is 0 Å². The smallest absolute Gasteiger partial charge is 0.261 e. The van der Waals surface area contributed by atoms with E-state index in [9.17, 15) is 17.6 Å². The molecule has 20 heavy (non-hydrogen) atoms. The van der Waals surface area contributed by atoms with Gasteiger partial charge in [0.2, 0.25) is 0 Å². The molecule has 1 amide bonds. The largest absolute Gasteiger partial charge is 0.347 e. The van der Waals surface area contributed by atoms with Crippen molar-refractivity contribution >= 4 is 25.6 Å². The SMILES string of the molecule is Cc1cc(F)c(C(=O)NC2(C)CCC2)cc1S(=O)(=O)Cl. The number of aryl methyl sites for hydroxylation is 1. The Labute approximate surface area is 121 Å². The molecule has 7 heteroatoms. The predicted octanol–water partition coefficient (Wildman–Crippen LogP) is 2.73. The van der Waals surface area contributed by atoms with Crippen molar-refractivity contribution < 1.29 is 17.6 Å². The zero-order valence-electron chi connectivity index (χ0n) is 11.2. The van der Waals surface area contributed by atoms with Crippen LogP contribution in [0.5, 0.6) is 0 Å². The highest BCUT2D eigenvalue weighted by Gasteiger charge is 2.34. The molecule has 1 N–H and O–H groups in total. The normalized spacial score (nSPS) is 17.4. The zero-order valence-corrected chi connectivity index (χ0v) is 12.7. The summed E-state index contributed by atoms with van der Waals surface area (Å²) in [6.07, 6.45) is 2.66. The fourth-order valence-corrected chi connectivity index (χ4v) is 3.46. The van der Waals surface area contributed by atoms with Gasteiger partial charge >= 0.3 is 0 Å². The number of halogens is 2. The molecule has 110 valence electrons. The van der Waals surface area contributed by atoms with Gasteiger partial charge in [-0.3, -0.25) is 4.79 Å². The summed E-state index contributed by atoms with van der Waals surface area (Å²) in [4.78, 5) is 11.8. The van der Waals surface area contributed by atoms with E-state index in [-0.39, 0.29) is 21.6 Å². The summed E-state index contributed by atoms with van der Waals surface area (Å²) in [6.45, 7) is 3.30. The number of hydrogen-bond acceptors (Lipinski definition) is 3. The maximum atomic E-state index is 13.9. The summed E-state index contributed by atoms with van der Waals surface area (Å²) in [6, 6.07) is 2.00. The Morgan fingerprint density at radius 3 is 2.45 bits per heavy atom. The van der Waals surface area contributed by atoms with Crippen molar-refractivity contribution in [2.45, 2.75) is 43.5 Å². The van der Waals surface area contributed by atoms with E-state index in [1.807, 2.05) is 6.92 Å². The van der Waals surface area contributed by atoms with Crippen LogP contribution in [0.4, 0.5) is 4.39 Å². The summed E-state index contributed by atoms with van der Waals surface area (Å²) < 4.78 is 36.7. The van der Waals surface area contributed by atoms with Gasteiger partial charge in [0.1, 0.15) is 5.82 Å². The highest BCUT2D eigenvalue weighted by atomic mass is 35.7. The number of carbonyl (C=O) groups is 1. The number of benzene rings is 1. The van der Waals surface area contributed by atoms with E-state index < -0.39 is 20.8 Å². The minimum atomic E-state index is -4.02. The molecule has 0 spiro atoms. The van der Waals surface area contributed by atoms with Crippen molar-refractivity contribution in [3.63, 3.8) is 0 Å². The molecule has 0 atom stereocenters. The molecule has 0 saturated heterocycles. The van der Waals surface area contributed by atoms with Crippen LogP contribution in [0, 0.1) is 12.7 Å². The molecule has 0 aliphatic heterocycles. The minimum absolute atomic E-state index is 0.170. The van der Waals surface area contributed by atoms with Gasteiger partial charge in [0.05, 0.1) is 10.5 Å². The van der Waals surface area contributed by atoms with Crippen molar-refractivity contribution in [3.8, 4) is 0 Å². The number of amides is 1. The number of hydrogen-bond donors (Lipinski definition) is 1. The minimum Gasteiger partial charge on any atom is -0.347 e. The number of nitrogens with one attached hydrogen (secondary N) is 1. The molecular weight excluding hydrogens is 305 g/mol. The first-order valence-corrected chi connectivity index (χ1v) is 8.51. The van der Waals surface area contributed by atoms with Gasteiger partial charge in [-0.25, -0.2) is 12.8 Å². The standard InChI is InChI=1S/C13H15ClFNO3S/c1-8-6-10(15)9(7-11(8)20(14,18)19)12(17)16-13(2)4-3-5-13/h6-7H,3-5H2,1-2H3,(H,16,17). The van der Waals surface area contributed by atoms with Crippen LogP contribution in [0.1, 0.15) is 42.1 Å². The second-order valence-electron chi connectivity index (χ2n) is 5.40. The van der Waals surface area contributed by atoms with Crippen molar-refractivity contribution in [1.29, 1.82) is 0 Å². The molecule has 4 nitrogen and oxygen atoms in total. The van der Waals surface area contributed by atoms with Crippen LogP contribution in [0.2, 0.25) is 0 Å². The quantitative estimate of drug-likeness (QED) is 0.871. The van der Waals surface area contributed by atoms with E-state index in [2.05, 4.69) is 5.32 Å². The molecular formula is C13H15ClFNO3S. The van der Waals surface area contributed by atoms with Crippen LogP contribution in [0.15, 0.2) is 17.0 Å². The highest BCUT2D eigenvalue weighted by Crippen LogP contribution is 2.31. The molecule has 0 radical (unpaired) electrons. The molecule has 2 rings (SSSR count). The Bertz CT molecular complexity index is 668. The lowest BCUT2D eigenvalue weighted by molar-refractivity contribution is 0.0846. The Morgan fingerprint density at radius 2 is 2.00 bits per heavy atom. The summed E-state index contributed by atoms with van der Waals surface area (Å²) in [7, 11) is 1.27. The Hall–Kier alpha value is -1.14. The van der Waals surface area contributed by atoms with Crippen molar-refractivity contribution in [2.75, 3.05) is 0 Å². The second kappa shape index (κ2) is 5.00. The Morgan fingerprint density at radius 1 is 1.40 bits per heavy atom. The molecule has 0 bridgehead atoms. The maximum absolute atomic E-state index is 13.9. The Balaban J connectivity index is 2.38. The van der Waals surface area contributed by atoms with Crippen LogP contribution in [-0.2, 0) is 9.05 Å². The van der Waals surface area contributed by atoms with Gasteiger partial charge in [-0.15, -0.1) is 0 Å². The van der Waals surface area contributed by atoms with Gasteiger partial charge in [0.25, 0.3) is 15.0 Å². The van der Waals surface area contributed by atoms with E-state index in [0.29, 0.717) is 0 Å². The van der Waals surface area contributed by atoms with Crippen LogP contribution in [0.25, 0.3) is 0 Å². The van der Waals surface area contributed by atoms with Crippen LogP contribution >= 0.6 is 10.7 Å². The first kappa shape index (κ1) is 15.3. The predicted molar refractivity (Wildman–Crippen MR) is 73.9 cm³/mol. The summed E-state index contributed by atoms with van der Waals surface area (Å²) in [5.41, 5.74) is -0.471. The Kier molecular flexibility index (Phi) is 3.81. The molecule has 0 aromatic heterocycles. The fourth-order valence-electron chi connectivity index (χ4n) is 2.26. The maximum Gasteiger partial charge on any atom is 0.261 e. The molecule has 1 aliphatic rings. The molecule has 1 aromatic rings. The summed E-state index contributed by atoms with van der Waals surface area (Å²) in [5, 5.41) is 2.73. The monoisotopic (exact) mass is 319 g/mol. The number of rotatable bonds is 3. The number of carbonyl (C=O) groups excluding carboxylic acids is 1. The molecule has 0 unspecified atom stereocenters. The van der Waals surface area contributed by atoms with Crippen LogP contribution < -0.4 is 5.32 Å². The van der Waals surface area contributed by atoms with Crippen molar-refractivity contribution in [1.82, 2.24) is 5.32 Å². The van der Waals surface area contributed by atoms with E-state index in [1.54, 1.807) is 0 Å². The molecule has 1 fully saturated rings. The van der Waals surface area contributed by atoms with Gasteiger partial charge < -0.3 is 5.32 Å². The van der Waals surface area contributed by atoms with Crippen LogP contribution in [-0.4, -0.2) is 19.9 Å². The van der Waals surface area contributed by atoms with Gasteiger partial charge in [0, 0.05) is 16.2 Å². The van der Waals surface area contributed by atoms with E-state index in [4.69, 9.17) is 10.7 Å².